The summed E-state index contributed by atoms with van der Waals surface area (Å²) >= 11 is 0. The number of likely N-dealkylation sites (tertiary alicyclic amines) is 1. The van der Waals surface area contributed by atoms with Crippen LogP contribution in [0.4, 0.5) is 4.79 Å². The highest BCUT2D eigenvalue weighted by Gasteiger charge is 2.31. The first-order valence-corrected chi connectivity index (χ1v) is 10.5. The number of hydrogen-bond donors (Lipinski definition) is 3. The summed E-state index contributed by atoms with van der Waals surface area (Å²) < 4.78 is 11.5. The standard InChI is InChI=1S/C20H34N4O4/c1-14(2)22-20(26)21-12-19-18(25)7-6-16(27-19)10-15-11-17(28-23-15)13-24-8-4-3-5-9-24/h11,14,16,18-19,25H,3-10,12-13H2,1-2H3,(H2,21,22,26). The van der Waals surface area contributed by atoms with Gasteiger partial charge in [0, 0.05) is 25.1 Å². The summed E-state index contributed by atoms with van der Waals surface area (Å²) in [7, 11) is 0. The van der Waals surface area contributed by atoms with Crippen molar-refractivity contribution in [3.63, 3.8) is 0 Å². The summed E-state index contributed by atoms with van der Waals surface area (Å²) in [4.78, 5) is 14.2. The second-order valence-corrected chi connectivity index (χ2v) is 8.28. The van der Waals surface area contributed by atoms with Crippen molar-refractivity contribution < 1.29 is 19.2 Å². The van der Waals surface area contributed by atoms with E-state index in [4.69, 9.17) is 9.26 Å². The monoisotopic (exact) mass is 394 g/mol. The predicted octanol–water partition coefficient (Wildman–Crippen LogP) is 1.82. The zero-order valence-electron chi connectivity index (χ0n) is 17.0. The lowest BCUT2D eigenvalue weighted by atomic mass is 9.98. The number of hydrogen-bond acceptors (Lipinski definition) is 6. The number of aliphatic hydroxyl groups is 1. The van der Waals surface area contributed by atoms with Gasteiger partial charge in [0.1, 0.15) is 6.10 Å². The second-order valence-electron chi connectivity index (χ2n) is 8.28. The van der Waals surface area contributed by atoms with Gasteiger partial charge in [-0.3, -0.25) is 4.90 Å². The van der Waals surface area contributed by atoms with Gasteiger partial charge < -0.3 is 25.0 Å². The second kappa shape index (κ2) is 10.2. The molecular weight excluding hydrogens is 360 g/mol. The van der Waals surface area contributed by atoms with Crippen LogP contribution in [0.15, 0.2) is 10.6 Å². The van der Waals surface area contributed by atoms with E-state index in [1.807, 2.05) is 19.9 Å². The molecule has 0 aliphatic carbocycles. The van der Waals surface area contributed by atoms with Crippen LogP contribution in [0.5, 0.6) is 0 Å². The molecule has 0 spiro atoms. The Balaban J connectivity index is 1.45. The molecule has 3 rings (SSSR count). The Morgan fingerprint density at radius 3 is 2.86 bits per heavy atom. The van der Waals surface area contributed by atoms with Crippen LogP contribution in [-0.2, 0) is 17.7 Å². The number of amides is 2. The number of carbonyl (C=O) groups is 1. The molecule has 8 nitrogen and oxygen atoms in total. The molecule has 158 valence electrons. The summed E-state index contributed by atoms with van der Waals surface area (Å²) in [5.41, 5.74) is 0.887. The Hall–Kier alpha value is -1.64. The lowest BCUT2D eigenvalue weighted by Gasteiger charge is -2.33. The molecule has 28 heavy (non-hydrogen) atoms. The summed E-state index contributed by atoms with van der Waals surface area (Å²) in [5.74, 6) is 0.899. The van der Waals surface area contributed by atoms with Crippen molar-refractivity contribution in [2.75, 3.05) is 19.6 Å². The number of nitrogens with one attached hydrogen (secondary N) is 2. The third kappa shape index (κ3) is 6.46. The van der Waals surface area contributed by atoms with Crippen LogP contribution in [0.1, 0.15) is 57.4 Å². The normalized spacial score (nSPS) is 26.4. The van der Waals surface area contributed by atoms with E-state index in [0.717, 1.165) is 37.5 Å². The van der Waals surface area contributed by atoms with Gasteiger partial charge in [0.15, 0.2) is 5.76 Å². The maximum atomic E-state index is 11.8. The van der Waals surface area contributed by atoms with Crippen molar-refractivity contribution in [3.05, 3.63) is 17.5 Å². The van der Waals surface area contributed by atoms with Crippen LogP contribution < -0.4 is 10.6 Å². The highest BCUT2D eigenvalue weighted by Crippen LogP contribution is 2.23. The van der Waals surface area contributed by atoms with Crippen LogP contribution in [0, 0.1) is 0 Å². The summed E-state index contributed by atoms with van der Waals surface area (Å²) in [6.45, 7) is 7.15. The van der Waals surface area contributed by atoms with E-state index < -0.39 is 12.2 Å². The van der Waals surface area contributed by atoms with Gasteiger partial charge in [-0.2, -0.15) is 0 Å². The van der Waals surface area contributed by atoms with Gasteiger partial charge in [0.2, 0.25) is 0 Å². The van der Waals surface area contributed by atoms with Crippen molar-refractivity contribution in [3.8, 4) is 0 Å². The number of piperidine rings is 1. The van der Waals surface area contributed by atoms with Crippen LogP contribution >= 0.6 is 0 Å². The molecule has 0 saturated carbocycles. The minimum absolute atomic E-state index is 0.0312. The van der Waals surface area contributed by atoms with E-state index in [1.165, 1.54) is 19.3 Å². The third-order valence-electron chi connectivity index (χ3n) is 5.34. The maximum absolute atomic E-state index is 11.8. The third-order valence-corrected chi connectivity index (χ3v) is 5.34. The number of aliphatic hydroxyl groups excluding tert-OH is 1. The first kappa shape index (κ1) is 21.1. The van der Waals surface area contributed by atoms with Crippen LogP contribution in [0.3, 0.4) is 0 Å². The topological polar surface area (TPSA) is 99.9 Å². The molecule has 0 radical (unpaired) electrons. The summed E-state index contributed by atoms with van der Waals surface area (Å²) in [6, 6.07) is 1.84. The van der Waals surface area contributed by atoms with Gasteiger partial charge >= 0.3 is 6.03 Å². The van der Waals surface area contributed by atoms with E-state index in [0.29, 0.717) is 12.8 Å². The highest BCUT2D eigenvalue weighted by molar-refractivity contribution is 5.74. The molecular formula is C20H34N4O4. The highest BCUT2D eigenvalue weighted by atomic mass is 16.5. The Morgan fingerprint density at radius 1 is 1.32 bits per heavy atom. The zero-order valence-corrected chi connectivity index (χ0v) is 17.0. The molecule has 1 aromatic heterocycles. The number of carbonyl (C=O) groups excluding carboxylic acids is 1. The fraction of sp³-hybridized carbons (Fsp3) is 0.800. The zero-order chi connectivity index (χ0) is 19.9. The molecule has 2 fully saturated rings. The molecule has 1 aromatic rings. The molecule has 3 heterocycles. The molecule has 0 aromatic carbocycles. The van der Waals surface area contributed by atoms with Crippen LogP contribution in [-0.4, -0.2) is 65.2 Å². The molecule has 2 saturated heterocycles. The smallest absolute Gasteiger partial charge is 0.315 e. The van der Waals surface area contributed by atoms with Gasteiger partial charge in [0.25, 0.3) is 0 Å². The number of rotatable bonds is 7. The minimum atomic E-state index is -0.567. The van der Waals surface area contributed by atoms with E-state index >= 15 is 0 Å². The summed E-state index contributed by atoms with van der Waals surface area (Å²) in [5, 5.41) is 19.9. The summed E-state index contributed by atoms with van der Waals surface area (Å²) in [6.07, 6.45) is 4.90. The minimum Gasteiger partial charge on any atom is -0.390 e. The Bertz CT molecular complexity index is 615. The van der Waals surface area contributed by atoms with Crippen molar-refractivity contribution >= 4 is 6.03 Å². The van der Waals surface area contributed by atoms with Crippen molar-refractivity contribution in [2.24, 2.45) is 0 Å². The van der Waals surface area contributed by atoms with E-state index in [2.05, 4.69) is 20.7 Å². The maximum Gasteiger partial charge on any atom is 0.315 e. The van der Waals surface area contributed by atoms with Crippen molar-refractivity contribution in [1.82, 2.24) is 20.7 Å². The molecule has 0 bridgehead atoms. The Labute approximate surface area is 167 Å². The molecule has 2 aliphatic rings. The lowest BCUT2D eigenvalue weighted by molar-refractivity contribution is -0.113. The number of ether oxygens (including phenoxy) is 1. The van der Waals surface area contributed by atoms with Crippen LogP contribution in [0.2, 0.25) is 0 Å². The Kier molecular flexibility index (Phi) is 7.70. The fourth-order valence-electron chi connectivity index (χ4n) is 3.89. The van der Waals surface area contributed by atoms with Gasteiger partial charge in [-0.25, -0.2) is 4.79 Å². The van der Waals surface area contributed by atoms with Gasteiger partial charge in [0.05, 0.1) is 24.4 Å². The van der Waals surface area contributed by atoms with Crippen molar-refractivity contribution in [1.29, 1.82) is 0 Å². The van der Waals surface area contributed by atoms with Crippen LogP contribution in [0.25, 0.3) is 0 Å². The predicted molar refractivity (Wildman–Crippen MR) is 105 cm³/mol. The first-order valence-electron chi connectivity index (χ1n) is 10.5. The van der Waals surface area contributed by atoms with E-state index in [-0.39, 0.29) is 24.7 Å². The Morgan fingerprint density at radius 2 is 2.11 bits per heavy atom. The molecule has 8 heteroatoms. The number of urea groups is 1. The van der Waals surface area contributed by atoms with Gasteiger partial charge in [-0.05, 0) is 52.6 Å². The average Bonchev–Trinajstić information content (AvgIpc) is 3.09. The molecule has 3 atom stereocenters. The van der Waals surface area contributed by atoms with E-state index in [9.17, 15) is 9.90 Å². The number of nitrogens with zero attached hydrogens (tertiary/aromatic N) is 2. The largest absolute Gasteiger partial charge is 0.390 e. The molecule has 2 amide bonds. The average molecular weight is 395 g/mol. The SMILES string of the molecule is CC(C)NC(=O)NCC1OC(Cc2cc(CN3CCCCC3)on2)CCC1O. The van der Waals surface area contributed by atoms with Gasteiger partial charge in [-0.15, -0.1) is 0 Å². The van der Waals surface area contributed by atoms with E-state index in [1.54, 1.807) is 0 Å². The first-order chi connectivity index (χ1) is 13.5. The lowest BCUT2D eigenvalue weighted by Crippen LogP contribution is -2.49. The fourth-order valence-corrected chi connectivity index (χ4v) is 3.89. The quantitative estimate of drug-likeness (QED) is 0.652. The molecule has 3 unspecified atom stereocenters. The number of aromatic nitrogens is 1. The molecule has 2 aliphatic heterocycles. The van der Waals surface area contributed by atoms with Crippen molar-refractivity contribution in [2.45, 2.75) is 83.3 Å². The molecule has 3 N–H and O–H groups in total. The van der Waals surface area contributed by atoms with Gasteiger partial charge in [-0.1, -0.05) is 11.6 Å².